The minimum Gasteiger partial charge on any atom is -0.0582 e. The van der Waals surface area contributed by atoms with Crippen LogP contribution < -0.4 is 0 Å². The van der Waals surface area contributed by atoms with E-state index < -0.39 is 0 Å². The zero-order chi connectivity index (χ0) is 15.2. The number of hydrogen-bond acceptors (Lipinski definition) is 0. The van der Waals surface area contributed by atoms with E-state index in [2.05, 4.69) is 74.4 Å². The lowest BCUT2D eigenvalue weighted by Gasteiger charge is -2.32. The van der Waals surface area contributed by atoms with Crippen LogP contribution in [-0.4, -0.2) is 0 Å². The Morgan fingerprint density at radius 2 is 1.11 bits per heavy atom. The molecule has 0 saturated heterocycles. The van der Waals surface area contributed by atoms with Crippen molar-refractivity contribution in [2.24, 2.45) is 0 Å². The van der Waals surface area contributed by atoms with Gasteiger partial charge in [0.05, 0.1) is 1.37 Å². The summed E-state index contributed by atoms with van der Waals surface area (Å²) < 4.78 is 8.68. The quantitative estimate of drug-likeness (QED) is 0.561. The van der Waals surface area contributed by atoms with E-state index in [4.69, 9.17) is 1.37 Å². The van der Waals surface area contributed by atoms with Crippen LogP contribution in [0.1, 0.15) is 80.4 Å². The molecule has 0 aliphatic rings. The molecule has 0 saturated carbocycles. The Kier molecular flexibility index (Phi) is 3.34. The molecule has 0 N–H and O–H groups in total. The van der Waals surface area contributed by atoms with Gasteiger partial charge in [0.25, 0.3) is 0 Å². The first-order valence-electron chi connectivity index (χ1n) is 7.41. The van der Waals surface area contributed by atoms with Gasteiger partial charge in [0, 0.05) is 0 Å². The number of hydrogen-bond donors (Lipinski definition) is 0. The summed E-state index contributed by atoms with van der Waals surface area (Å²) in [6, 6.07) is 5.12. The zero-order valence-electron chi connectivity index (χ0n) is 14.7. The monoisotopic (exact) mass is 247 g/mol. The van der Waals surface area contributed by atoms with Crippen LogP contribution in [0, 0.1) is 0 Å². The summed E-state index contributed by atoms with van der Waals surface area (Å²) in [6.07, 6.45) is 0. The fourth-order valence-corrected chi connectivity index (χ4v) is 2.15. The smallest absolute Gasteiger partial charge is 0.0582 e. The van der Waals surface area contributed by atoms with Crippen molar-refractivity contribution in [2.75, 3.05) is 0 Å². The van der Waals surface area contributed by atoms with Gasteiger partial charge in [0.2, 0.25) is 0 Å². The van der Waals surface area contributed by atoms with Gasteiger partial charge in [-0.15, -0.1) is 0 Å². The van der Waals surface area contributed by atoms with E-state index in [1.807, 2.05) is 0 Å². The van der Waals surface area contributed by atoms with E-state index in [9.17, 15) is 0 Å². The largest absolute Gasteiger partial charge is 0.0629 e. The van der Waals surface area contributed by atoms with Crippen LogP contribution >= 0.6 is 0 Å². The van der Waals surface area contributed by atoms with Crippen molar-refractivity contribution in [2.45, 2.75) is 78.6 Å². The van der Waals surface area contributed by atoms with Gasteiger partial charge in [-0.3, -0.25) is 0 Å². The van der Waals surface area contributed by atoms with Crippen molar-refractivity contribution < 1.29 is 1.37 Å². The summed E-state index contributed by atoms with van der Waals surface area (Å²) in [4.78, 5) is 0. The highest BCUT2D eigenvalue weighted by Gasteiger charge is 2.26. The maximum Gasteiger partial charge on any atom is 0.0629 e. The molecule has 0 heteroatoms. The molecular weight excluding hydrogens is 216 g/mol. The minimum absolute atomic E-state index is 0.000949. The van der Waals surface area contributed by atoms with E-state index in [1.165, 1.54) is 11.1 Å². The second-order valence-electron chi connectivity index (χ2n) is 8.41. The van der Waals surface area contributed by atoms with Crippen LogP contribution in [-0.2, 0) is 16.2 Å². The third-order valence-electron chi connectivity index (χ3n) is 3.31. The standard InChI is InChI=1S/C18H30/c1-16(2,3)13-10-11-14(17(4,5)6)15(12-13)18(7,8)9/h10-12H,1-9H3/i12D. The molecule has 102 valence electrons. The molecule has 1 aromatic rings. The van der Waals surface area contributed by atoms with E-state index in [0.717, 1.165) is 11.6 Å². The predicted octanol–water partition coefficient (Wildman–Crippen LogP) is 5.58. The first kappa shape index (κ1) is 13.6. The van der Waals surface area contributed by atoms with Crippen molar-refractivity contribution >= 4 is 0 Å². The first-order valence-corrected chi connectivity index (χ1v) is 6.91. The number of rotatable bonds is 0. The van der Waals surface area contributed by atoms with Crippen molar-refractivity contribution in [3.8, 4) is 0 Å². The van der Waals surface area contributed by atoms with Crippen LogP contribution in [0.15, 0.2) is 18.2 Å². The SMILES string of the molecule is [2H]c1c(C(C)(C)C)ccc(C(C)(C)C)c1C(C)(C)C. The Balaban J connectivity index is 3.71. The van der Waals surface area contributed by atoms with Gasteiger partial charge in [-0.05, 0) is 32.9 Å². The molecule has 0 atom stereocenters. The molecule has 0 aliphatic carbocycles. The third-order valence-corrected chi connectivity index (χ3v) is 3.31. The topological polar surface area (TPSA) is 0 Å². The van der Waals surface area contributed by atoms with Crippen LogP contribution in [0.3, 0.4) is 0 Å². The molecular formula is C18H30. The highest BCUT2D eigenvalue weighted by molar-refractivity contribution is 5.42. The molecule has 0 aliphatic heterocycles. The highest BCUT2D eigenvalue weighted by atomic mass is 14.3. The molecule has 0 nitrogen and oxygen atoms in total. The van der Waals surface area contributed by atoms with Gasteiger partial charge in [0.1, 0.15) is 0 Å². The molecule has 18 heavy (non-hydrogen) atoms. The van der Waals surface area contributed by atoms with Gasteiger partial charge < -0.3 is 0 Å². The molecule has 0 bridgehead atoms. The Morgan fingerprint density at radius 1 is 0.667 bits per heavy atom. The highest BCUT2D eigenvalue weighted by Crippen LogP contribution is 2.36. The fraction of sp³-hybridized carbons (Fsp3) is 0.667. The summed E-state index contributed by atoms with van der Waals surface area (Å²) in [5.74, 6) is 0. The molecule has 0 unspecified atom stereocenters. The Morgan fingerprint density at radius 3 is 1.44 bits per heavy atom. The summed E-state index contributed by atoms with van der Waals surface area (Å²) >= 11 is 0. The van der Waals surface area contributed by atoms with Gasteiger partial charge in [-0.2, -0.15) is 0 Å². The maximum atomic E-state index is 8.68. The van der Waals surface area contributed by atoms with Crippen LogP contribution in [0.5, 0.6) is 0 Å². The molecule has 0 aromatic heterocycles. The van der Waals surface area contributed by atoms with Gasteiger partial charge in [-0.1, -0.05) is 80.5 Å². The molecule has 0 radical (unpaired) electrons. The summed E-state index contributed by atoms with van der Waals surface area (Å²) in [6.45, 7) is 19.9. The van der Waals surface area contributed by atoms with Crippen LogP contribution in [0.25, 0.3) is 0 Å². The molecule has 0 heterocycles. The van der Waals surface area contributed by atoms with Crippen molar-refractivity contribution in [1.82, 2.24) is 0 Å². The van der Waals surface area contributed by atoms with Crippen molar-refractivity contribution in [1.29, 1.82) is 0 Å². The summed E-state index contributed by atoms with van der Waals surface area (Å²) in [5.41, 5.74) is 3.75. The lowest BCUT2D eigenvalue weighted by molar-refractivity contribution is 0.523. The summed E-state index contributed by atoms with van der Waals surface area (Å²) in [7, 11) is 0. The van der Waals surface area contributed by atoms with Crippen molar-refractivity contribution in [3.05, 3.63) is 34.9 Å². The first-order chi connectivity index (χ1) is 8.26. The van der Waals surface area contributed by atoms with Gasteiger partial charge >= 0.3 is 0 Å². The zero-order valence-corrected chi connectivity index (χ0v) is 13.7. The van der Waals surface area contributed by atoms with Gasteiger partial charge in [-0.25, -0.2) is 0 Å². The molecule has 1 aromatic carbocycles. The minimum atomic E-state index is 0.000949. The third kappa shape index (κ3) is 3.37. The van der Waals surface area contributed by atoms with Crippen LogP contribution in [0.4, 0.5) is 0 Å². The van der Waals surface area contributed by atoms with E-state index in [0.29, 0.717) is 0 Å². The van der Waals surface area contributed by atoms with E-state index >= 15 is 0 Å². The summed E-state index contributed by atoms with van der Waals surface area (Å²) in [5, 5.41) is 0. The molecule has 1 rings (SSSR count). The average Bonchev–Trinajstić information content (AvgIpc) is 2.11. The Hall–Kier alpha value is -0.780. The normalized spacial score (nSPS) is 14.6. The lowest BCUT2D eigenvalue weighted by Crippen LogP contribution is -2.23. The van der Waals surface area contributed by atoms with E-state index in [1.54, 1.807) is 0 Å². The Bertz CT molecular complexity index is 462. The lowest BCUT2D eigenvalue weighted by atomic mass is 9.73. The Labute approximate surface area is 115 Å². The second-order valence-corrected chi connectivity index (χ2v) is 8.41. The number of benzene rings is 1. The van der Waals surface area contributed by atoms with Crippen molar-refractivity contribution in [3.63, 3.8) is 0 Å². The van der Waals surface area contributed by atoms with Crippen LogP contribution in [0.2, 0.25) is 0 Å². The predicted molar refractivity (Wildman–Crippen MR) is 82.5 cm³/mol. The fourth-order valence-electron chi connectivity index (χ4n) is 2.15. The molecule has 0 amide bonds. The molecule has 0 fully saturated rings. The maximum absolute atomic E-state index is 8.68. The van der Waals surface area contributed by atoms with E-state index in [-0.39, 0.29) is 16.2 Å². The second kappa shape index (κ2) is 4.40. The average molecular weight is 247 g/mol. The molecule has 0 spiro atoms. The van der Waals surface area contributed by atoms with Gasteiger partial charge in [0.15, 0.2) is 0 Å².